The molecule has 0 aliphatic carbocycles. The number of benzene rings is 3. The molecule has 0 aromatic heterocycles. The van der Waals surface area contributed by atoms with E-state index in [1.165, 1.54) is 12.1 Å². The highest BCUT2D eigenvalue weighted by Crippen LogP contribution is 2.39. The fourth-order valence-corrected chi connectivity index (χ4v) is 5.02. The molecule has 0 radical (unpaired) electrons. The number of thioether (sulfide) groups is 1. The predicted molar refractivity (Wildman–Crippen MR) is 137 cm³/mol. The van der Waals surface area contributed by atoms with E-state index in [-0.39, 0.29) is 34.6 Å². The lowest BCUT2D eigenvalue weighted by molar-refractivity contribution is -0.123. The van der Waals surface area contributed by atoms with E-state index in [1.807, 2.05) is 0 Å². The number of hydrogen-bond acceptors (Lipinski definition) is 7. The lowest BCUT2D eigenvalue weighted by atomic mass is 10.1. The number of amides is 2. The predicted octanol–water partition coefficient (Wildman–Crippen LogP) is 6.83. The van der Waals surface area contributed by atoms with Gasteiger partial charge < -0.3 is 14.2 Å². The number of fused-ring (bicyclic) bond motifs is 1. The van der Waals surface area contributed by atoms with E-state index in [4.69, 9.17) is 49.0 Å². The highest BCUT2D eigenvalue weighted by Gasteiger charge is 2.35. The molecule has 2 heterocycles. The van der Waals surface area contributed by atoms with Crippen LogP contribution in [0.3, 0.4) is 0 Å². The summed E-state index contributed by atoms with van der Waals surface area (Å²) >= 11 is 19.0. The zero-order chi connectivity index (χ0) is 25.4. The fourth-order valence-electron chi connectivity index (χ4n) is 3.49. The Hall–Kier alpha value is -3.17. The van der Waals surface area contributed by atoms with Crippen molar-refractivity contribution in [2.24, 2.45) is 0 Å². The van der Waals surface area contributed by atoms with Crippen molar-refractivity contribution in [2.75, 3.05) is 6.79 Å². The van der Waals surface area contributed by atoms with E-state index in [9.17, 15) is 14.4 Å². The Morgan fingerprint density at radius 1 is 0.972 bits per heavy atom. The summed E-state index contributed by atoms with van der Waals surface area (Å²) in [5, 5.41) is 0.545. The molecule has 36 heavy (non-hydrogen) atoms. The maximum Gasteiger partial charge on any atom is 0.345 e. The Labute approximate surface area is 224 Å². The summed E-state index contributed by atoms with van der Waals surface area (Å²) in [5.74, 6) is 0.243. The van der Waals surface area contributed by atoms with Gasteiger partial charge in [-0.1, -0.05) is 46.9 Å². The molecule has 1 saturated heterocycles. The molecule has 2 aliphatic heterocycles. The minimum Gasteiger partial charge on any atom is -0.454 e. The minimum absolute atomic E-state index is 0.000370. The normalized spacial score (nSPS) is 15.6. The van der Waals surface area contributed by atoms with Crippen LogP contribution in [-0.2, 0) is 11.3 Å². The molecule has 182 valence electrons. The van der Waals surface area contributed by atoms with Crippen LogP contribution < -0.4 is 14.2 Å². The minimum atomic E-state index is -0.632. The largest absolute Gasteiger partial charge is 0.454 e. The lowest BCUT2D eigenvalue weighted by Gasteiger charge is -2.14. The van der Waals surface area contributed by atoms with Crippen molar-refractivity contribution in [3.05, 3.63) is 91.3 Å². The van der Waals surface area contributed by atoms with Gasteiger partial charge in [0.2, 0.25) is 6.79 Å². The van der Waals surface area contributed by atoms with E-state index in [2.05, 4.69) is 0 Å². The average molecular weight is 563 g/mol. The van der Waals surface area contributed by atoms with Crippen LogP contribution in [0.5, 0.6) is 17.2 Å². The molecule has 1 fully saturated rings. The number of halogens is 3. The van der Waals surface area contributed by atoms with Crippen molar-refractivity contribution < 1.29 is 28.6 Å². The van der Waals surface area contributed by atoms with Crippen LogP contribution in [0.25, 0.3) is 6.08 Å². The second-order valence-electron chi connectivity index (χ2n) is 7.65. The van der Waals surface area contributed by atoms with Gasteiger partial charge in [-0.2, -0.15) is 0 Å². The molecule has 5 rings (SSSR count). The topological polar surface area (TPSA) is 82.1 Å². The zero-order valence-corrected chi connectivity index (χ0v) is 21.2. The van der Waals surface area contributed by atoms with Crippen LogP contribution in [0.15, 0.2) is 59.5 Å². The van der Waals surface area contributed by atoms with Crippen LogP contribution in [0.2, 0.25) is 15.1 Å². The third kappa shape index (κ3) is 5.03. The van der Waals surface area contributed by atoms with Crippen molar-refractivity contribution in [1.29, 1.82) is 0 Å². The standard InChI is InChI=1S/C25H14Cl3NO6S/c26-15-3-6-17(19(28)9-15)24(31)35-16-4-1-13(2-5-16)7-22-23(30)29(25(32)36-22)11-14-8-20-21(10-18(14)27)34-12-33-20/h1-10H,11-12H2/b22-7-. The molecule has 11 heteroatoms. The number of ether oxygens (including phenoxy) is 3. The monoisotopic (exact) mass is 561 g/mol. The molecule has 0 bridgehead atoms. The molecule has 0 spiro atoms. The van der Waals surface area contributed by atoms with Crippen LogP contribution >= 0.6 is 46.6 Å². The summed E-state index contributed by atoms with van der Waals surface area (Å²) in [5.41, 5.74) is 1.39. The van der Waals surface area contributed by atoms with Crippen LogP contribution in [0.4, 0.5) is 4.79 Å². The van der Waals surface area contributed by atoms with Crippen molar-refractivity contribution in [2.45, 2.75) is 6.54 Å². The quantitative estimate of drug-likeness (QED) is 0.191. The summed E-state index contributed by atoms with van der Waals surface area (Å²) in [4.78, 5) is 39.2. The van der Waals surface area contributed by atoms with Crippen LogP contribution in [-0.4, -0.2) is 28.8 Å². The number of carbonyl (C=O) groups is 3. The van der Waals surface area contributed by atoms with Gasteiger partial charge in [0.25, 0.3) is 11.1 Å². The van der Waals surface area contributed by atoms with E-state index >= 15 is 0 Å². The molecule has 0 saturated carbocycles. The molecule has 2 aliphatic rings. The molecule has 0 unspecified atom stereocenters. The number of nitrogens with zero attached hydrogens (tertiary/aromatic N) is 1. The Bertz CT molecular complexity index is 1440. The van der Waals surface area contributed by atoms with Gasteiger partial charge in [-0.3, -0.25) is 14.5 Å². The molecule has 0 atom stereocenters. The SMILES string of the molecule is O=C(Oc1ccc(/C=C2\SC(=O)N(Cc3cc4c(cc3Cl)OCO4)C2=O)cc1)c1ccc(Cl)cc1Cl. The first-order valence-electron chi connectivity index (χ1n) is 10.4. The second kappa shape index (κ2) is 10.1. The molecule has 2 amide bonds. The van der Waals surface area contributed by atoms with Gasteiger partial charge in [0.05, 0.1) is 22.0 Å². The number of carbonyl (C=O) groups excluding carboxylic acids is 3. The summed E-state index contributed by atoms with van der Waals surface area (Å²) < 4.78 is 16.0. The maximum absolute atomic E-state index is 12.9. The summed E-state index contributed by atoms with van der Waals surface area (Å²) in [6.07, 6.45) is 1.59. The van der Waals surface area contributed by atoms with Gasteiger partial charge >= 0.3 is 5.97 Å². The second-order valence-corrected chi connectivity index (χ2v) is 9.89. The molecule has 0 N–H and O–H groups in total. The maximum atomic E-state index is 12.9. The first-order valence-corrected chi connectivity index (χ1v) is 12.3. The molecule has 3 aromatic carbocycles. The summed E-state index contributed by atoms with van der Waals surface area (Å²) in [7, 11) is 0. The number of hydrogen-bond donors (Lipinski definition) is 0. The molecular formula is C25H14Cl3NO6S. The van der Waals surface area contributed by atoms with E-state index in [0.29, 0.717) is 32.7 Å². The van der Waals surface area contributed by atoms with Gasteiger partial charge in [-0.15, -0.1) is 0 Å². The average Bonchev–Trinajstić information content (AvgIpc) is 3.39. The van der Waals surface area contributed by atoms with Gasteiger partial charge in [-0.05, 0) is 65.4 Å². The van der Waals surface area contributed by atoms with Gasteiger partial charge in [0, 0.05) is 16.1 Å². The number of rotatable bonds is 5. The van der Waals surface area contributed by atoms with Crippen molar-refractivity contribution in [3.8, 4) is 17.2 Å². The smallest absolute Gasteiger partial charge is 0.345 e. The number of imide groups is 1. The summed E-state index contributed by atoms with van der Waals surface area (Å²) in [6, 6.07) is 14.2. The van der Waals surface area contributed by atoms with Crippen molar-refractivity contribution in [3.63, 3.8) is 0 Å². The highest BCUT2D eigenvalue weighted by atomic mass is 35.5. The zero-order valence-electron chi connectivity index (χ0n) is 18.1. The summed E-state index contributed by atoms with van der Waals surface area (Å²) in [6.45, 7) is 0.0892. The first-order chi connectivity index (χ1) is 17.3. The number of esters is 1. The van der Waals surface area contributed by atoms with Gasteiger partial charge in [0.15, 0.2) is 11.5 Å². The van der Waals surface area contributed by atoms with Gasteiger partial charge in [0.1, 0.15) is 5.75 Å². The van der Waals surface area contributed by atoms with Crippen molar-refractivity contribution in [1.82, 2.24) is 4.90 Å². The van der Waals surface area contributed by atoms with Crippen LogP contribution in [0.1, 0.15) is 21.5 Å². The third-order valence-corrected chi connectivity index (χ3v) is 7.09. The Kier molecular flexibility index (Phi) is 6.85. The third-order valence-electron chi connectivity index (χ3n) is 5.28. The molecular weight excluding hydrogens is 549 g/mol. The van der Waals surface area contributed by atoms with E-state index in [1.54, 1.807) is 48.5 Å². The Morgan fingerprint density at radius 3 is 2.42 bits per heavy atom. The molecule has 3 aromatic rings. The first kappa shape index (κ1) is 24.5. The Morgan fingerprint density at radius 2 is 1.69 bits per heavy atom. The van der Waals surface area contributed by atoms with E-state index < -0.39 is 17.1 Å². The highest BCUT2D eigenvalue weighted by molar-refractivity contribution is 8.18. The lowest BCUT2D eigenvalue weighted by Crippen LogP contribution is -2.27. The van der Waals surface area contributed by atoms with Crippen molar-refractivity contribution >= 4 is 69.8 Å². The van der Waals surface area contributed by atoms with Gasteiger partial charge in [-0.25, -0.2) is 4.79 Å². The Balaban J connectivity index is 1.27. The molecule has 7 nitrogen and oxygen atoms in total. The fraction of sp³-hybridized carbons (Fsp3) is 0.0800. The van der Waals surface area contributed by atoms with E-state index in [0.717, 1.165) is 16.7 Å². The van der Waals surface area contributed by atoms with Crippen LogP contribution in [0, 0.1) is 0 Å².